The topological polar surface area (TPSA) is 66.8 Å². The quantitative estimate of drug-likeness (QED) is 0.676. The molecule has 0 spiro atoms. The van der Waals surface area contributed by atoms with Gasteiger partial charge in [0.15, 0.2) is 0 Å². The Kier molecular flexibility index (Phi) is 5.87. The lowest BCUT2D eigenvalue weighted by Crippen LogP contribution is -2.39. The molecule has 5 heteroatoms. The Morgan fingerprint density at radius 2 is 1.93 bits per heavy atom. The highest BCUT2D eigenvalue weighted by atomic mass is 16.5. The molecule has 0 rings (SSSR count). The number of aliphatic carboxylic acids is 1. The molecule has 0 atom stereocenters. The Balaban J connectivity index is 3.87. The van der Waals surface area contributed by atoms with Crippen LogP contribution in [0.5, 0.6) is 0 Å². The number of carbonyl (C=O) groups is 2. The van der Waals surface area contributed by atoms with E-state index in [9.17, 15) is 9.59 Å². The molecule has 0 saturated carbocycles. The third-order valence-corrected chi connectivity index (χ3v) is 1.74. The SMILES string of the molecule is CCN(C(=O)COCC(=O)O)C(C)C. The predicted octanol–water partition coefficient (Wildman–Crippen LogP) is 0.345. The Labute approximate surface area is 83.6 Å². The Bertz CT molecular complexity index is 203. The number of rotatable bonds is 6. The molecule has 0 heterocycles. The second kappa shape index (κ2) is 6.37. The summed E-state index contributed by atoms with van der Waals surface area (Å²) in [4.78, 5) is 23.1. The van der Waals surface area contributed by atoms with Crippen molar-refractivity contribution in [1.29, 1.82) is 0 Å². The monoisotopic (exact) mass is 203 g/mol. The van der Waals surface area contributed by atoms with E-state index in [0.717, 1.165) is 0 Å². The molecule has 0 aromatic heterocycles. The fraction of sp³-hybridized carbons (Fsp3) is 0.778. The lowest BCUT2D eigenvalue weighted by Gasteiger charge is -2.24. The minimum atomic E-state index is -1.06. The molecule has 82 valence electrons. The lowest BCUT2D eigenvalue weighted by atomic mass is 10.3. The first-order valence-corrected chi connectivity index (χ1v) is 4.58. The minimum absolute atomic E-state index is 0.112. The maximum Gasteiger partial charge on any atom is 0.329 e. The molecule has 0 fully saturated rings. The molecule has 0 aromatic rings. The van der Waals surface area contributed by atoms with Crippen molar-refractivity contribution < 1.29 is 19.4 Å². The Morgan fingerprint density at radius 1 is 1.36 bits per heavy atom. The Morgan fingerprint density at radius 3 is 2.29 bits per heavy atom. The predicted molar refractivity (Wildman–Crippen MR) is 51.0 cm³/mol. The summed E-state index contributed by atoms with van der Waals surface area (Å²) < 4.78 is 4.70. The molecule has 0 aromatic carbocycles. The first-order chi connectivity index (χ1) is 6.49. The molecule has 0 bridgehead atoms. The molecule has 0 unspecified atom stereocenters. The van der Waals surface area contributed by atoms with Crippen molar-refractivity contribution in [3.63, 3.8) is 0 Å². The van der Waals surface area contributed by atoms with Gasteiger partial charge in [0, 0.05) is 12.6 Å². The van der Waals surface area contributed by atoms with Gasteiger partial charge < -0.3 is 14.7 Å². The lowest BCUT2D eigenvalue weighted by molar-refractivity contribution is -0.146. The highest BCUT2D eigenvalue weighted by molar-refractivity contribution is 5.78. The fourth-order valence-electron chi connectivity index (χ4n) is 1.14. The molecule has 0 saturated heterocycles. The normalized spacial score (nSPS) is 10.3. The van der Waals surface area contributed by atoms with Crippen molar-refractivity contribution >= 4 is 11.9 Å². The third-order valence-electron chi connectivity index (χ3n) is 1.74. The number of likely N-dealkylation sites (N-methyl/N-ethyl adjacent to an activating group) is 1. The highest BCUT2D eigenvalue weighted by Crippen LogP contribution is 1.98. The van der Waals surface area contributed by atoms with E-state index in [1.54, 1.807) is 4.90 Å². The van der Waals surface area contributed by atoms with Crippen molar-refractivity contribution in [2.45, 2.75) is 26.8 Å². The van der Waals surface area contributed by atoms with Gasteiger partial charge in [-0.25, -0.2) is 4.79 Å². The number of carboxylic acid groups (broad SMARTS) is 1. The zero-order valence-corrected chi connectivity index (χ0v) is 8.82. The van der Waals surface area contributed by atoms with E-state index in [0.29, 0.717) is 6.54 Å². The van der Waals surface area contributed by atoms with Crippen LogP contribution in [0.15, 0.2) is 0 Å². The van der Waals surface area contributed by atoms with E-state index in [4.69, 9.17) is 9.84 Å². The van der Waals surface area contributed by atoms with Crippen molar-refractivity contribution in [3.05, 3.63) is 0 Å². The van der Waals surface area contributed by atoms with Crippen LogP contribution in [0.3, 0.4) is 0 Å². The number of hydrogen-bond acceptors (Lipinski definition) is 3. The van der Waals surface area contributed by atoms with Crippen molar-refractivity contribution in [2.24, 2.45) is 0 Å². The number of nitrogens with zero attached hydrogens (tertiary/aromatic N) is 1. The summed E-state index contributed by atoms with van der Waals surface area (Å²) in [6.45, 7) is 5.68. The molecule has 1 amide bonds. The maximum atomic E-state index is 11.4. The van der Waals surface area contributed by atoms with Gasteiger partial charge in [-0.15, -0.1) is 0 Å². The van der Waals surface area contributed by atoms with Gasteiger partial charge in [0.05, 0.1) is 0 Å². The van der Waals surface area contributed by atoms with Crippen molar-refractivity contribution in [2.75, 3.05) is 19.8 Å². The van der Waals surface area contributed by atoms with E-state index < -0.39 is 12.6 Å². The second-order valence-corrected chi connectivity index (χ2v) is 3.16. The first kappa shape index (κ1) is 12.9. The van der Waals surface area contributed by atoms with Crippen LogP contribution >= 0.6 is 0 Å². The first-order valence-electron chi connectivity index (χ1n) is 4.58. The van der Waals surface area contributed by atoms with Crippen LogP contribution in [0.2, 0.25) is 0 Å². The summed E-state index contributed by atoms with van der Waals surface area (Å²) in [5, 5.41) is 8.28. The van der Waals surface area contributed by atoms with Crippen LogP contribution in [0, 0.1) is 0 Å². The van der Waals surface area contributed by atoms with Crippen LogP contribution in [0.25, 0.3) is 0 Å². The van der Waals surface area contributed by atoms with E-state index in [-0.39, 0.29) is 18.6 Å². The van der Waals surface area contributed by atoms with Crippen LogP contribution in [0.1, 0.15) is 20.8 Å². The third kappa shape index (κ3) is 4.81. The van der Waals surface area contributed by atoms with E-state index in [1.165, 1.54) is 0 Å². The molecular formula is C9H17NO4. The van der Waals surface area contributed by atoms with Gasteiger partial charge in [-0.2, -0.15) is 0 Å². The largest absolute Gasteiger partial charge is 0.480 e. The van der Waals surface area contributed by atoms with Crippen LogP contribution in [0.4, 0.5) is 0 Å². The Hall–Kier alpha value is -1.10. The summed E-state index contributed by atoms with van der Waals surface area (Å²) >= 11 is 0. The zero-order chi connectivity index (χ0) is 11.1. The molecule has 0 aliphatic rings. The van der Waals surface area contributed by atoms with E-state index >= 15 is 0 Å². The van der Waals surface area contributed by atoms with Crippen LogP contribution in [-0.4, -0.2) is 47.7 Å². The number of hydrogen-bond donors (Lipinski definition) is 1. The average molecular weight is 203 g/mol. The molecule has 0 radical (unpaired) electrons. The highest BCUT2D eigenvalue weighted by Gasteiger charge is 2.14. The molecular weight excluding hydrogens is 186 g/mol. The van der Waals surface area contributed by atoms with Gasteiger partial charge in [-0.1, -0.05) is 0 Å². The van der Waals surface area contributed by atoms with Gasteiger partial charge in [0.25, 0.3) is 0 Å². The van der Waals surface area contributed by atoms with Crippen molar-refractivity contribution in [1.82, 2.24) is 4.90 Å². The molecule has 5 nitrogen and oxygen atoms in total. The minimum Gasteiger partial charge on any atom is -0.480 e. The summed E-state index contributed by atoms with van der Waals surface area (Å²) in [6, 6.07) is 0.112. The summed E-state index contributed by atoms with van der Waals surface area (Å²) in [5.74, 6) is -1.24. The summed E-state index contributed by atoms with van der Waals surface area (Å²) in [7, 11) is 0. The zero-order valence-electron chi connectivity index (χ0n) is 8.82. The molecule has 1 N–H and O–H groups in total. The van der Waals surface area contributed by atoms with Gasteiger partial charge >= 0.3 is 5.97 Å². The molecule has 0 aliphatic heterocycles. The average Bonchev–Trinajstić information content (AvgIpc) is 2.03. The number of amides is 1. The van der Waals surface area contributed by atoms with Gasteiger partial charge in [0.1, 0.15) is 13.2 Å². The van der Waals surface area contributed by atoms with Crippen LogP contribution in [-0.2, 0) is 14.3 Å². The van der Waals surface area contributed by atoms with Gasteiger partial charge in [-0.05, 0) is 20.8 Å². The number of carboxylic acids is 1. The van der Waals surface area contributed by atoms with E-state index in [2.05, 4.69) is 0 Å². The number of ether oxygens (including phenoxy) is 1. The maximum absolute atomic E-state index is 11.4. The smallest absolute Gasteiger partial charge is 0.329 e. The van der Waals surface area contributed by atoms with Crippen molar-refractivity contribution in [3.8, 4) is 0 Å². The van der Waals surface area contributed by atoms with Crippen LogP contribution < -0.4 is 0 Å². The second-order valence-electron chi connectivity index (χ2n) is 3.16. The molecule has 0 aliphatic carbocycles. The summed E-state index contributed by atoms with van der Waals surface area (Å²) in [5.41, 5.74) is 0. The summed E-state index contributed by atoms with van der Waals surface area (Å²) in [6.07, 6.45) is 0. The molecule has 14 heavy (non-hydrogen) atoms. The standard InChI is InChI=1S/C9H17NO4/c1-4-10(7(2)3)8(11)5-14-6-9(12)13/h7H,4-6H2,1-3H3,(H,12,13). The number of carbonyl (C=O) groups excluding carboxylic acids is 1. The van der Waals surface area contributed by atoms with Gasteiger partial charge in [-0.3, -0.25) is 4.79 Å². The van der Waals surface area contributed by atoms with Gasteiger partial charge in [0.2, 0.25) is 5.91 Å². The van der Waals surface area contributed by atoms with E-state index in [1.807, 2.05) is 20.8 Å². The fourth-order valence-corrected chi connectivity index (χ4v) is 1.14.